The van der Waals surface area contributed by atoms with Crippen molar-refractivity contribution in [2.45, 2.75) is 107 Å². The molecule has 4 aromatic carbocycles. The van der Waals surface area contributed by atoms with Crippen molar-refractivity contribution in [2.24, 2.45) is 5.41 Å². The Kier molecular flexibility index (Phi) is 26.0. The molecule has 0 aliphatic carbocycles. The van der Waals surface area contributed by atoms with Gasteiger partial charge < -0.3 is 24.4 Å². The molecule has 10 nitrogen and oxygen atoms in total. The van der Waals surface area contributed by atoms with Gasteiger partial charge in [-0.25, -0.2) is 4.39 Å². The summed E-state index contributed by atoms with van der Waals surface area (Å²) in [4.78, 5) is 52.2. The number of aryl methyl sites for hydroxylation is 2. The van der Waals surface area contributed by atoms with Gasteiger partial charge in [0.2, 0.25) is 0 Å². The van der Waals surface area contributed by atoms with Crippen molar-refractivity contribution < 1.29 is 42.6 Å². The van der Waals surface area contributed by atoms with Crippen LogP contribution in [0, 0.1) is 25.1 Å². The van der Waals surface area contributed by atoms with Crippen LogP contribution in [0.5, 0.6) is 11.5 Å². The maximum absolute atomic E-state index is 12.6. The van der Waals surface area contributed by atoms with E-state index in [1.165, 1.54) is 30.5 Å². The highest BCUT2D eigenvalue weighted by molar-refractivity contribution is 5.85. The standard InChI is InChI=1S/C24H31NO4.C15H25NO.C8H7FO.CO2.CH4/c1-18-8-11-20(17-26)22(15-18)25(14-6-7-23(27)29-24(2,3)4)16-19-9-12-21(28-5)13-10-19;1-15(2,3)10-5-11-16-12-13-6-8-14(17-4)9-7-13;1-6-2-3-7(5-10)8(9)4-6;2-1-3;/h8-13,15,17H,6-7,14,16H2,1-5H3;6-9,16H,5,10-12H2,1-4H3;2-5H,1H3;;1H4. The lowest BCUT2D eigenvalue weighted by atomic mass is 9.91. The molecule has 60 heavy (non-hydrogen) atoms. The molecule has 0 unspecified atom stereocenters. The van der Waals surface area contributed by atoms with Crippen molar-refractivity contribution in [2.75, 3.05) is 32.2 Å². The minimum Gasteiger partial charge on any atom is -0.497 e. The Balaban J connectivity index is 0.000000943. The summed E-state index contributed by atoms with van der Waals surface area (Å²) in [5, 5.41) is 3.47. The van der Waals surface area contributed by atoms with Crippen LogP contribution in [0.4, 0.5) is 10.1 Å². The van der Waals surface area contributed by atoms with Gasteiger partial charge in [0, 0.05) is 37.3 Å². The molecule has 4 aromatic rings. The Morgan fingerprint density at radius 2 is 1.25 bits per heavy atom. The van der Waals surface area contributed by atoms with Crippen LogP contribution in [0.2, 0.25) is 0 Å². The molecule has 1 N–H and O–H groups in total. The van der Waals surface area contributed by atoms with E-state index in [0.717, 1.165) is 53.3 Å². The minimum atomic E-state index is -0.485. The number of benzene rings is 4. The number of rotatable bonds is 16. The Bertz CT molecular complexity index is 1880. The van der Waals surface area contributed by atoms with Crippen molar-refractivity contribution in [1.29, 1.82) is 0 Å². The van der Waals surface area contributed by atoms with Crippen LogP contribution >= 0.6 is 0 Å². The average molecular weight is 831 g/mol. The predicted molar refractivity (Wildman–Crippen MR) is 237 cm³/mol. The number of nitrogens with zero attached hydrogens (tertiary/aromatic N) is 1. The first-order valence-electron chi connectivity index (χ1n) is 19.6. The van der Waals surface area contributed by atoms with Gasteiger partial charge in [0.05, 0.1) is 19.8 Å². The molecule has 0 aromatic heterocycles. The van der Waals surface area contributed by atoms with E-state index in [2.05, 4.69) is 43.1 Å². The number of methoxy groups -OCH3 is 2. The quantitative estimate of drug-likeness (QED) is 0.0662. The lowest BCUT2D eigenvalue weighted by Gasteiger charge is -2.27. The molecule has 0 aliphatic heterocycles. The molecule has 328 valence electrons. The van der Waals surface area contributed by atoms with Crippen LogP contribution in [-0.2, 0) is 32.2 Å². The van der Waals surface area contributed by atoms with E-state index < -0.39 is 11.4 Å². The first-order chi connectivity index (χ1) is 27.9. The van der Waals surface area contributed by atoms with Crippen LogP contribution in [-0.4, -0.2) is 57.6 Å². The predicted octanol–water partition coefficient (Wildman–Crippen LogP) is 10.6. The van der Waals surface area contributed by atoms with Crippen LogP contribution in [0.1, 0.15) is 118 Å². The van der Waals surface area contributed by atoms with E-state index in [1.54, 1.807) is 27.2 Å². The zero-order valence-corrected chi connectivity index (χ0v) is 36.5. The van der Waals surface area contributed by atoms with Gasteiger partial charge >= 0.3 is 12.1 Å². The fraction of sp³-hybridized carbons (Fsp3) is 0.429. The second-order valence-electron chi connectivity index (χ2n) is 16.1. The zero-order valence-electron chi connectivity index (χ0n) is 36.5. The number of esters is 1. The third-order valence-electron chi connectivity index (χ3n) is 8.47. The number of ether oxygens (including phenoxy) is 3. The summed E-state index contributed by atoms with van der Waals surface area (Å²) in [6.45, 7) is 19.5. The van der Waals surface area contributed by atoms with Gasteiger partial charge in [0.1, 0.15) is 22.9 Å². The molecular formula is C49H67FN2O8. The Hall–Kier alpha value is -5.64. The van der Waals surface area contributed by atoms with E-state index in [9.17, 15) is 18.8 Å². The summed E-state index contributed by atoms with van der Waals surface area (Å²) in [5.74, 6) is 1.06. The maximum Gasteiger partial charge on any atom is 0.373 e. The van der Waals surface area contributed by atoms with Gasteiger partial charge in [-0.3, -0.25) is 14.4 Å². The Morgan fingerprint density at radius 3 is 1.72 bits per heavy atom. The number of nitrogens with one attached hydrogen (secondary N) is 1. The zero-order chi connectivity index (χ0) is 44.4. The largest absolute Gasteiger partial charge is 0.497 e. The van der Waals surface area contributed by atoms with E-state index in [4.69, 9.17) is 23.8 Å². The van der Waals surface area contributed by atoms with Gasteiger partial charge in [-0.15, -0.1) is 0 Å². The second-order valence-corrected chi connectivity index (χ2v) is 16.1. The SMILES string of the molecule is C.COc1ccc(CN(CCCC(=O)OC(C)(C)C)c2cc(C)ccc2C=O)cc1.COc1ccc(CNCCCC(C)(C)C)cc1.Cc1ccc(C=O)c(F)c1.O=C=O. The normalized spacial score (nSPS) is 10.3. The molecule has 0 spiro atoms. The number of anilines is 1. The number of carbonyl (C=O) groups excluding carboxylic acids is 5. The summed E-state index contributed by atoms with van der Waals surface area (Å²) in [5.41, 5.74) is 5.90. The fourth-order valence-corrected chi connectivity index (χ4v) is 5.52. The molecule has 0 bridgehead atoms. The molecule has 0 atom stereocenters. The lowest BCUT2D eigenvalue weighted by molar-refractivity contribution is -0.191. The second kappa shape index (κ2) is 28.7. The minimum absolute atomic E-state index is 0. The summed E-state index contributed by atoms with van der Waals surface area (Å²) in [6.07, 6.45) is 5.11. The topological polar surface area (TPSA) is 128 Å². The van der Waals surface area contributed by atoms with Gasteiger partial charge in [-0.1, -0.05) is 64.6 Å². The summed E-state index contributed by atoms with van der Waals surface area (Å²) >= 11 is 0. The summed E-state index contributed by atoms with van der Waals surface area (Å²) in [6, 6.07) is 26.4. The van der Waals surface area contributed by atoms with Gasteiger partial charge in [-0.05, 0) is 137 Å². The van der Waals surface area contributed by atoms with E-state index in [0.29, 0.717) is 43.2 Å². The molecular weight excluding hydrogens is 764 g/mol. The molecule has 0 fully saturated rings. The van der Waals surface area contributed by atoms with E-state index >= 15 is 0 Å². The van der Waals surface area contributed by atoms with Gasteiger partial charge in [0.25, 0.3) is 0 Å². The number of hydrogen-bond acceptors (Lipinski definition) is 10. The molecule has 0 heterocycles. The molecule has 0 radical (unpaired) electrons. The Labute approximate surface area is 357 Å². The lowest BCUT2D eigenvalue weighted by Crippen LogP contribution is -2.27. The van der Waals surface area contributed by atoms with Crippen molar-refractivity contribution in [3.63, 3.8) is 0 Å². The maximum atomic E-state index is 12.6. The molecule has 4 rings (SSSR count). The monoisotopic (exact) mass is 830 g/mol. The molecule has 11 heteroatoms. The number of halogens is 1. The van der Waals surface area contributed by atoms with E-state index in [-0.39, 0.29) is 25.1 Å². The number of hydrogen-bond donors (Lipinski definition) is 1. The number of aldehydes is 2. The van der Waals surface area contributed by atoms with Crippen LogP contribution in [0.25, 0.3) is 0 Å². The highest BCUT2D eigenvalue weighted by atomic mass is 19.1. The van der Waals surface area contributed by atoms with Crippen molar-refractivity contribution in [1.82, 2.24) is 5.32 Å². The molecule has 0 aliphatic rings. The summed E-state index contributed by atoms with van der Waals surface area (Å²) < 4.78 is 28.4. The summed E-state index contributed by atoms with van der Waals surface area (Å²) in [7, 11) is 3.33. The van der Waals surface area contributed by atoms with Crippen molar-refractivity contribution >= 4 is 30.4 Å². The third-order valence-corrected chi connectivity index (χ3v) is 8.47. The molecule has 0 saturated heterocycles. The van der Waals surface area contributed by atoms with E-state index in [1.807, 2.05) is 82.3 Å². The smallest absolute Gasteiger partial charge is 0.373 e. The highest BCUT2D eigenvalue weighted by Crippen LogP contribution is 2.25. The Morgan fingerprint density at radius 1 is 0.750 bits per heavy atom. The van der Waals surface area contributed by atoms with Crippen molar-refractivity contribution in [3.8, 4) is 11.5 Å². The highest BCUT2D eigenvalue weighted by Gasteiger charge is 2.18. The van der Waals surface area contributed by atoms with Gasteiger partial charge in [-0.2, -0.15) is 9.59 Å². The molecule has 0 amide bonds. The van der Waals surface area contributed by atoms with Crippen LogP contribution in [0.15, 0.2) is 84.9 Å². The fourth-order valence-electron chi connectivity index (χ4n) is 5.52. The molecule has 0 saturated carbocycles. The first-order valence-corrected chi connectivity index (χ1v) is 19.6. The van der Waals surface area contributed by atoms with Crippen LogP contribution < -0.4 is 19.7 Å². The first kappa shape index (κ1) is 54.4. The number of carbonyl (C=O) groups is 3. The third kappa shape index (κ3) is 23.7. The average Bonchev–Trinajstić information content (AvgIpc) is 3.17. The van der Waals surface area contributed by atoms with Gasteiger partial charge in [0.15, 0.2) is 12.6 Å². The van der Waals surface area contributed by atoms with Crippen molar-refractivity contribution in [3.05, 3.63) is 124 Å². The van der Waals surface area contributed by atoms with Crippen LogP contribution in [0.3, 0.4) is 0 Å².